The molecule has 0 saturated heterocycles. The van der Waals surface area contributed by atoms with E-state index in [0.717, 1.165) is 5.56 Å². The largest absolute Gasteiger partial charge is 0.504 e. The van der Waals surface area contributed by atoms with E-state index in [9.17, 15) is 13.5 Å². The van der Waals surface area contributed by atoms with Crippen molar-refractivity contribution in [2.75, 3.05) is 6.61 Å². The van der Waals surface area contributed by atoms with Crippen LogP contribution in [0, 0.1) is 13.8 Å². The van der Waals surface area contributed by atoms with E-state index in [4.69, 9.17) is 4.74 Å². The molecule has 0 aliphatic rings. The molecule has 7 heteroatoms. The first-order chi connectivity index (χ1) is 11.3. The molecule has 0 bridgehead atoms. The van der Waals surface area contributed by atoms with E-state index in [1.807, 2.05) is 13.0 Å². The van der Waals surface area contributed by atoms with Gasteiger partial charge >= 0.3 is 0 Å². The first-order valence-electron chi connectivity index (χ1n) is 7.42. The number of aryl methyl sites for hydroxylation is 2. The van der Waals surface area contributed by atoms with Gasteiger partial charge in [0.05, 0.1) is 17.7 Å². The molecule has 0 radical (unpaired) electrons. The Morgan fingerprint density at radius 3 is 2.71 bits per heavy atom. The Labute approximate surface area is 141 Å². The van der Waals surface area contributed by atoms with Crippen LogP contribution in [-0.2, 0) is 10.0 Å². The Morgan fingerprint density at radius 1 is 1.25 bits per heavy atom. The molecule has 2 aromatic carbocycles. The second-order valence-electron chi connectivity index (χ2n) is 5.25. The van der Waals surface area contributed by atoms with Gasteiger partial charge in [-0.3, -0.25) is 0 Å². The molecule has 24 heavy (non-hydrogen) atoms. The van der Waals surface area contributed by atoms with Gasteiger partial charge in [0, 0.05) is 5.56 Å². The second kappa shape index (κ2) is 7.35. The molecule has 0 fully saturated rings. The van der Waals surface area contributed by atoms with Crippen LogP contribution in [0.5, 0.6) is 11.5 Å². The number of nitrogens with one attached hydrogen (secondary N) is 1. The van der Waals surface area contributed by atoms with E-state index in [-0.39, 0.29) is 10.6 Å². The highest BCUT2D eigenvalue weighted by atomic mass is 32.2. The molecule has 0 aliphatic carbocycles. The summed E-state index contributed by atoms with van der Waals surface area (Å²) in [5.41, 5.74) is 1.82. The zero-order valence-corrected chi connectivity index (χ0v) is 14.6. The smallest absolute Gasteiger partial charge is 0.276 e. The van der Waals surface area contributed by atoms with E-state index in [2.05, 4.69) is 9.93 Å². The van der Waals surface area contributed by atoms with Crippen molar-refractivity contribution in [2.24, 2.45) is 5.10 Å². The normalized spacial score (nSPS) is 11.6. The quantitative estimate of drug-likeness (QED) is 0.621. The van der Waals surface area contributed by atoms with Crippen molar-refractivity contribution < 1.29 is 18.3 Å². The Bertz CT molecular complexity index is 861. The number of hydrogen-bond acceptors (Lipinski definition) is 5. The lowest BCUT2D eigenvalue weighted by Crippen LogP contribution is -2.19. The summed E-state index contributed by atoms with van der Waals surface area (Å²) in [6.45, 7) is 5.75. The van der Waals surface area contributed by atoms with Gasteiger partial charge in [0.25, 0.3) is 10.0 Å². The minimum absolute atomic E-state index is 0.0889. The third-order valence-electron chi connectivity index (χ3n) is 3.34. The summed E-state index contributed by atoms with van der Waals surface area (Å²) >= 11 is 0. The summed E-state index contributed by atoms with van der Waals surface area (Å²) in [4.78, 5) is 2.33. The second-order valence-corrected chi connectivity index (χ2v) is 6.88. The Kier molecular flexibility index (Phi) is 5.46. The fourth-order valence-electron chi connectivity index (χ4n) is 2.13. The lowest BCUT2D eigenvalue weighted by atomic mass is 10.2. The fraction of sp³-hybridized carbons (Fsp3) is 0.235. The number of aromatic hydroxyl groups is 1. The highest BCUT2D eigenvalue weighted by Crippen LogP contribution is 2.28. The number of sulfonamides is 1. The third kappa shape index (κ3) is 4.05. The van der Waals surface area contributed by atoms with Crippen molar-refractivity contribution in [3.63, 3.8) is 0 Å². The number of ether oxygens (including phenoxy) is 1. The van der Waals surface area contributed by atoms with E-state index >= 15 is 0 Å². The maximum atomic E-state index is 12.3. The van der Waals surface area contributed by atoms with Gasteiger partial charge in [0.1, 0.15) is 0 Å². The fourth-order valence-corrected chi connectivity index (χ4v) is 3.25. The maximum absolute atomic E-state index is 12.3. The van der Waals surface area contributed by atoms with Crippen molar-refractivity contribution in [2.45, 2.75) is 25.7 Å². The summed E-state index contributed by atoms with van der Waals surface area (Å²) in [5.74, 6) is 0.230. The van der Waals surface area contributed by atoms with Crippen LogP contribution in [0.25, 0.3) is 0 Å². The van der Waals surface area contributed by atoms with Crippen molar-refractivity contribution in [3.05, 3.63) is 53.1 Å². The number of phenols is 1. The van der Waals surface area contributed by atoms with Crippen LogP contribution >= 0.6 is 0 Å². The number of rotatable bonds is 6. The van der Waals surface area contributed by atoms with Gasteiger partial charge in [-0.1, -0.05) is 18.2 Å². The predicted octanol–water partition coefficient (Wildman–Crippen LogP) is 2.72. The van der Waals surface area contributed by atoms with Gasteiger partial charge in [0.2, 0.25) is 0 Å². The number of phenolic OH excluding ortho intramolecular Hbond substituents is 1. The van der Waals surface area contributed by atoms with Gasteiger partial charge in [-0.25, -0.2) is 4.83 Å². The lowest BCUT2D eigenvalue weighted by molar-refractivity contribution is 0.318. The molecule has 0 aromatic heterocycles. The first kappa shape index (κ1) is 17.8. The van der Waals surface area contributed by atoms with Crippen LogP contribution in [0.3, 0.4) is 0 Å². The number of benzene rings is 2. The van der Waals surface area contributed by atoms with Gasteiger partial charge in [-0.05, 0) is 50.1 Å². The topological polar surface area (TPSA) is 88.0 Å². The minimum Gasteiger partial charge on any atom is -0.504 e. The molecule has 2 N–H and O–H groups in total. The first-order valence-corrected chi connectivity index (χ1v) is 8.90. The standard InChI is InChI=1S/C17H20N2O4S/c1-4-23-15-7-5-6-14(17(15)20)11-18-19-24(21,22)16-10-12(2)8-9-13(16)3/h5-11,19-20H,4H2,1-3H3/b18-11+. The highest BCUT2D eigenvalue weighted by Gasteiger charge is 2.16. The molecule has 128 valence electrons. The monoisotopic (exact) mass is 348 g/mol. The zero-order chi connectivity index (χ0) is 17.7. The van der Waals surface area contributed by atoms with Crippen molar-refractivity contribution in [1.29, 1.82) is 0 Å². The number of hydrogen-bond donors (Lipinski definition) is 2. The summed E-state index contributed by atoms with van der Waals surface area (Å²) in [5, 5.41) is 13.8. The molecule has 0 amide bonds. The summed E-state index contributed by atoms with van der Waals surface area (Å²) in [6, 6.07) is 10.1. The van der Waals surface area contributed by atoms with Crippen LogP contribution in [0.15, 0.2) is 46.4 Å². The number of para-hydroxylation sites is 1. The summed E-state index contributed by atoms with van der Waals surface area (Å²) in [6.07, 6.45) is 1.24. The average Bonchev–Trinajstić information content (AvgIpc) is 2.53. The van der Waals surface area contributed by atoms with Gasteiger partial charge in [-0.15, -0.1) is 0 Å². The SMILES string of the molecule is CCOc1cccc(/C=N/NS(=O)(=O)c2cc(C)ccc2C)c1O. The van der Waals surface area contributed by atoms with E-state index in [1.165, 1.54) is 6.21 Å². The van der Waals surface area contributed by atoms with Crippen molar-refractivity contribution in [3.8, 4) is 11.5 Å². The highest BCUT2D eigenvalue weighted by molar-refractivity contribution is 7.89. The average molecular weight is 348 g/mol. The van der Waals surface area contributed by atoms with Crippen molar-refractivity contribution >= 4 is 16.2 Å². The maximum Gasteiger partial charge on any atom is 0.276 e. The Balaban J connectivity index is 2.22. The van der Waals surface area contributed by atoms with Crippen LogP contribution in [0.1, 0.15) is 23.6 Å². The molecule has 0 saturated carbocycles. The molecule has 6 nitrogen and oxygen atoms in total. The van der Waals surface area contributed by atoms with Gasteiger partial charge < -0.3 is 9.84 Å². The third-order valence-corrected chi connectivity index (χ3v) is 4.70. The summed E-state index contributed by atoms with van der Waals surface area (Å²) in [7, 11) is -3.78. The number of hydrazone groups is 1. The molecule has 0 spiro atoms. The zero-order valence-electron chi connectivity index (χ0n) is 13.8. The minimum atomic E-state index is -3.78. The molecule has 0 aliphatic heterocycles. The molecule has 0 heterocycles. The number of nitrogens with zero attached hydrogens (tertiary/aromatic N) is 1. The Morgan fingerprint density at radius 2 is 2.00 bits per heavy atom. The van der Waals surface area contributed by atoms with Gasteiger partial charge in [-0.2, -0.15) is 13.5 Å². The lowest BCUT2D eigenvalue weighted by Gasteiger charge is -2.09. The van der Waals surface area contributed by atoms with E-state index < -0.39 is 10.0 Å². The predicted molar refractivity (Wildman–Crippen MR) is 93.1 cm³/mol. The van der Waals surface area contributed by atoms with E-state index in [0.29, 0.717) is 23.5 Å². The molecule has 0 atom stereocenters. The molecule has 2 rings (SSSR count). The molecule has 0 unspecified atom stereocenters. The van der Waals surface area contributed by atoms with Crippen LogP contribution in [-0.4, -0.2) is 26.3 Å². The van der Waals surface area contributed by atoms with E-state index in [1.54, 1.807) is 44.2 Å². The summed E-state index contributed by atoms with van der Waals surface area (Å²) < 4.78 is 29.9. The van der Waals surface area contributed by atoms with Crippen LogP contribution in [0.2, 0.25) is 0 Å². The van der Waals surface area contributed by atoms with Crippen LogP contribution < -0.4 is 9.57 Å². The van der Waals surface area contributed by atoms with Crippen molar-refractivity contribution in [1.82, 2.24) is 4.83 Å². The molecule has 2 aromatic rings. The molecular formula is C17H20N2O4S. The van der Waals surface area contributed by atoms with Gasteiger partial charge in [0.15, 0.2) is 11.5 Å². The Hall–Kier alpha value is -2.54. The van der Waals surface area contributed by atoms with Crippen LogP contribution in [0.4, 0.5) is 0 Å². The molecular weight excluding hydrogens is 328 g/mol.